The Morgan fingerprint density at radius 3 is 2.67 bits per heavy atom. The normalized spacial score (nSPS) is 19.3. The average molecular weight is 386 g/mol. The van der Waals surface area contributed by atoms with E-state index in [-0.39, 0.29) is 12.5 Å². The number of carbonyl (C=O) groups is 3. The summed E-state index contributed by atoms with van der Waals surface area (Å²) in [6.45, 7) is 3.88. The third-order valence-electron chi connectivity index (χ3n) is 4.64. The van der Waals surface area contributed by atoms with Gasteiger partial charge < -0.3 is 10.6 Å². The van der Waals surface area contributed by atoms with Crippen molar-refractivity contribution in [3.63, 3.8) is 0 Å². The van der Waals surface area contributed by atoms with Gasteiger partial charge in [-0.05, 0) is 18.9 Å². The summed E-state index contributed by atoms with van der Waals surface area (Å²) in [5.74, 6) is -0.767. The molecule has 8 heteroatoms. The topological polar surface area (TPSA) is 91.4 Å². The number of aryl methyl sites for hydroxylation is 1. The Balaban J connectivity index is 1.62. The Bertz CT molecular complexity index is 852. The van der Waals surface area contributed by atoms with E-state index in [1.54, 1.807) is 23.5 Å². The Morgan fingerprint density at radius 1 is 1.30 bits per heavy atom. The van der Waals surface area contributed by atoms with E-state index in [1.807, 2.05) is 37.4 Å². The molecule has 7 nitrogen and oxygen atoms in total. The molecule has 3 rings (SSSR count). The molecule has 4 amide bonds. The molecule has 1 aliphatic rings. The lowest BCUT2D eigenvalue weighted by Gasteiger charge is -2.25. The van der Waals surface area contributed by atoms with Crippen LogP contribution >= 0.6 is 11.3 Å². The van der Waals surface area contributed by atoms with Crippen molar-refractivity contribution in [3.8, 4) is 0 Å². The second-order valence-electron chi connectivity index (χ2n) is 6.40. The molecule has 0 aliphatic carbocycles. The number of thiazole rings is 1. The minimum Gasteiger partial charge on any atom is -0.354 e. The molecule has 1 fully saturated rings. The number of nitrogens with one attached hydrogen (secondary N) is 2. The lowest BCUT2D eigenvalue weighted by atomic mass is 9.87. The minimum atomic E-state index is -1.11. The molecular weight excluding hydrogens is 364 g/mol. The number of rotatable bonds is 7. The van der Waals surface area contributed by atoms with Gasteiger partial charge in [-0.1, -0.05) is 37.3 Å². The van der Waals surface area contributed by atoms with Crippen molar-refractivity contribution in [1.29, 1.82) is 0 Å². The molecule has 1 atom stereocenters. The van der Waals surface area contributed by atoms with Crippen molar-refractivity contribution in [2.75, 3.05) is 13.1 Å². The van der Waals surface area contributed by atoms with E-state index < -0.39 is 17.5 Å². The Hall–Kier alpha value is -2.74. The number of aromatic nitrogens is 1. The molecule has 1 saturated heterocycles. The van der Waals surface area contributed by atoms with Crippen LogP contribution in [0.3, 0.4) is 0 Å². The van der Waals surface area contributed by atoms with Crippen LogP contribution in [0.25, 0.3) is 0 Å². The van der Waals surface area contributed by atoms with E-state index in [0.717, 1.165) is 15.6 Å². The monoisotopic (exact) mass is 386 g/mol. The van der Waals surface area contributed by atoms with Crippen LogP contribution < -0.4 is 10.6 Å². The van der Waals surface area contributed by atoms with Crippen LogP contribution in [0, 0.1) is 6.92 Å². The first kappa shape index (κ1) is 19.0. The van der Waals surface area contributed by atoms with Crippen molar-refractivity contribution < 1.29 is 14.4 Å². The van der Waals surface area contributed by atoms with E-state index in [2.05, 4.69) is 15.6 Å². The number of benzene rings is 1. The molecule has 142 valence electrons. The summed E-state index contributed by atoms with van der Waals surface area (Å²) in [6, 6.07) is 8.56. The molecule has 1 aliphatic heterocycles. The van der Waals surface area contributed by atoms with E-state index >= 15 is 0 Å². The highest BCUT2D eigenvalue weighted by atomic mass is 32.1. The summed E-state index contributed by atoms with van der Waals surface area (Å²) >= 11 is 1.56. The first-order valence-electron chi connectivity index (χ1n) is 8.83. The maximum atomic E-state index is 13.0. The summed E-state index contributed by atoms with van der Waals surface area (Å²) in [7, 11) is 0. The number of hydrogen-bond donors (Lipinski definition) is 2. The van der Waals surface area contributed by atoms with Crippen LogP contribution in [0.4, 0.5) is 4.79 Å². The molecule has 0 bridgehead atoms. The summed E-state index contributed by atoms with van der Waals surface area (Å²) in [5.41, 5.74) is 0.519. The van der Waals surface area contributed by atoms with Gasteiger partial charge in [-0.25, -0.2) is 9.78 Å². The smallest absolute Gasteiger partial charge is 0.325 e. The van der Waals surface area contributed by atoms with Gasteiger partial charge in [0.1, 0.15) is 12.1 Å². The maximum Gasteiger partial charge on any atom is 0.325 e. The van der Waals surface area contributed by atoms with Crippen LogP contribution in [0.1, 0.15) is 29.6 Å². The molecule has 0 saturated carbocycles. The van der Waals surface area contributed by atoms with Gasteiger partial charge in [0.15, 0.2) is 0 Å². The van der Waals surface area contributed by atoms with E-state index in [9.17, 15) is 14.4 Å². The van der Waals surface area contributed by atoms with Gasteiger partial charge in [-0.15, -0.1) is 11.3 Å². The van der Waals surface area contributed by atoms with Crippen LogP contribution in [-0.2, 0) is 21.5 Å². The van der Waals surface area contributed by atoms with Crippen molar-refractivity contribution in [3.05, 3.63) is 52.0 Å². The average Bonchev–Trinajstić information content (AvgIpc) is 3.19. The molecule has 0 unspecified atom stereocenters. The fraction of sp³-hybridized carbons (Fsp3) is 0.368. The van der Waals surface area contributed by atoms with Crippen molar-refractivity contribution in [2.45, 2.75) is 32.2 Å². The number of imide groups is 1. The Morgan fingerprint density at radius 2 is 2.04 bits per heavy atom. The highest BCUT2D eigenvalue weighted by molar-refractivity contribution is 7.09. The zero-order valence-corrected chi connectivity index (χ0v) is 16.1. The third kappa shape index (κ3) is 3.85. The molecule has 27 heavy (non-hydrogen) atoms. The number of nitrogens with zero attached hydrogens (tertiary/aromatic N) is 2. The van der Waals surface area contributed by atoms with Crippen molar-refractivity contribution >= 4 is 29.2 Å². The molecule has 2 aromatic rings. The number of amides is 4. The highest BCUT2D eigenvalue weighted by Gasteiger charge is 2.51. The summed E-state index contributed by atoms with van der Waals surface area (Å²) in [4.78, 5) is 42.9. The Kier molecular flexibility index (Phi) is 5.55. The van der Waals surface area contributed by atoms with Crippen LogP contribution in [0.5, 0.6) is 0 Å². The van der Waals surface area contributed by atoms with E-state index in [0.29, 0.717) is 24.9 Å². The highest BCUT2D eigenvalue weighted by Crippen LogP contribution is 2.32. The van der Waals surface area contributed by atoms with Gasteiger partial charge in [-0.3, -0.25) is 14.5 Å². The number of hydrogen-bond acceptors (Lipinski definition) is 5. The van der Waals surface area contributed by atoms with Crippen LogP contribution in [0.2, 0.25) is 0 Å². The first-order valence-corrected chi connectivity index (χ1v) is 9.71. The van der Waals surface area contributed by atoms with Crippen LogP contribution in [0.15, 0.2) is 35.7 Å². The predicted molar refractivity (Wildman–Crippen MR) is 102 cm³/mol. The third-order valence-corrected chi connectivity index (χ3v) is 5.47. The van der Waals surface area contributed by atoms with E-state index in [4.69, 9.17) is 0 Å². The molecule has 0 radical (unpaired) electrons. The minimum absolute atomic E-state index is 0.296. The van der Waals surface area contributed by atoms with Gasteiger partial charge >= 0.3 is 6.03 Å². The van der Waals surface area contributed by atoms with Gasteiger partial charge in [0.2, 0.25) is 5.91 Å². The molecule has 1 aromatic carbocycles. The zero-order chi connectivity index (χ0) is 19.4. The lowest BCUT2D eigenvalue weighted by Crippen LogP contribution is -2.45. The Labute approximate surface area is 161 Å². The van der Waals surface area contributed by atoms with Crippen molar-refractivity contribution in [2.24, 2.45) is 0 Å². The SMILES string of the molecule is CC[C@@]1(c2ccccc2)NC(=O)N(CC(=O)NCCc2csc(C)n2)C1=O. The second kappa shape index (κ2) is 7.87. The second-order valence-corrected chi connectivity index (χ2v) is 7.47. The largest absolute Gasteiger partial charge is 0.354 e. The summed E-state index contributed by atoms with van der Waals surface area (Å²) in [6.07, 6.45) is 1.02. The van der Waals surface area contributed by atoms with Crippen LogP contribution in [-0.4, -0.2) is 40.8 Å². The molecule has 1 aromatic heterocycles. The summed E-state index contributed by atoms with van der Waals surface area (Å²) in [5, 5.41) is 8.45. The fourth-order valence-corrected chi connectivity index (χ4v) is 3.83. The fourth-order valence-electron chi connectivity index (χ4n) is 3.18. The van der Waals surface area contributed by atoms with E-state index in [1.165, 1.54) is 0 Å². The predicted octanol–water partition coefficient (Wildman–Crippen LogP) is 1.97. The lowest BCUT2D eigenvalue weighted by molar-refractivity contribution is -0.135. The zero-order valence-electron chi connectivity index (χ0n) is 15.3. The van der Waals surface area contributed by atoms with Gasteiger partial charge in [0, 0.05) is 18.3 Å². The number of carbonyl (C=O) groups excluding carboxylic acids is 3. The molecule has 2 heterocycles. The maximum absolute atomic E-state index is 13.0. The van der Waals surface area contributed by atoms with Gasteiger partial charge in [-0.2, -0.15) is 0 Å². The quantitative estimate of drug-likeness (QED) is 0.712. The van der Waals surface area contributed by atoms with Gasteiger partial charge in [0.05, 0.1) is 10.7 Å². The summed E-state index contributed by atoms with van der Waals surface area (Å²) < 4.78 is 0. The molecular formula is C19H22N4O3S. The molecule has 0 spiro atoms. The van der Waals surface area contributed by atoms with Crippen molar-refractivity contribution in [1.82, 2.24) is 20.5 Å². The standard InChI is InChI=1S/C19H22N4O3S/c1-3-19(14-7-5-4-6-8-14)17(25)23(18(26)22-19)11-16(24)20-10-9-15-12-27-13(2)21-15/h4-8,12H,3,9-11H2,1-2H3,(H,20,24)(H,22,26)/t19-/m0/s1. The number of urea groups is 1. The molecule has 2 N–H and O–H groups in total. The van der Waals surface area contributed by atoms with Gasteiger partial charge in [0.25, 0.3) is 5.91 Å². The first-order chi connectivity index (χ1) is 13.0.